The number of nitrogens with zero attached hydrogens (tertiary/aromatic N) is 4. The fourth-order valence-corrected chi connectivity index (χ4v) is 5.58. The van der Waals surface area contributed by atoms with E-state index in [9.17, 15) is 4.39 Å². The Balaban J connectivity index is 1.37. The second-order valence-electron chi connectivity index (χ2n) is 10.2. The van der Waals surface area contributed by atoms with E-state index in [2.05, 4.69) is 28.1 Å². The number of aromatic nitrogens is 4. The number of rotatable bonds is 4. The maximum Gasteiger partial charge on any atom is 0.164 e. The zero-order valence-corrected chi connectivity index (χ0v) is 20.9. The number of anilines is 2. The number of hydrogen-bond acceptors (Lipinski definition) is 7. The third-order valence-corrected chi connectivity index (χ3v) is 7.50. The summed E-state index contributed by atoms with van der Waals surface area (Å²) in [5, 5.41) is 5.00. The molecule has 1 aliphatic carbocycles. The van der Waals surface area contributed by atoms with Crippen molar-refractivity contribution in [2.24, 2.45) is 5.41 Å². The first-order chi connectivity index (χ1) is 17.0. The van der Waals surface area contributed by atoms with E-state index in [1.54, 1.807) is 4.52 Å². The molecule has 0 spiro atoms. The average molecular weight is 509 g/mol. The van der Waals surface area contributed by atoms with Gasteiger partial charge in [-0.1, -0.05) is 24.6 Å². The first-order valence-corrected chi connectivity index (χ1v) is 12.1. The summed E-state index contributed by atoms with van der Waals surface area (Å²) in [6, 6.07) is 8.79. The molecule has 3 atom stereocenters. The summed E-state index contributed by atoms with van der Waals surface area (Å²) >= 11 is 6.04. The minimum atomic E-state index is -0.743. The fraction of sp³-hybridized carbons (Fsp3) is 0.346. The molecule has 2 aliphatic rings. The van der Waals surface area contributed by atoms with Crippen LogP contribution >= 0.6 is 11.6 Å². The Hall–Kier alpha value is -3.27. The number of ether oxygens (including phenoxy) is 2. The van der Waals surface area contributed by atoms with Gasteiger partial charge in [0, 0.05) is 16.4 Å². The summed E-state index contributed by atoms with van der Waals surface area (Å²) in [5.41, 5.74) is 15.4. The molecule has 4 heterocycles. The van der Waals surface area contributed by atoms with Gasteiger partial charge in [0.05, 0.1) is 16.2 Å². The lowest BCUT2D eigenvalue weighted by molar-refractivity contribution is -0.153. The van der Waals surface area contributed by atoms with E-state index in [0.29, 0.717) is 29.6 Å². The van der Waals surface area contributed by atoms with Gasteiger partial charge in [-0.15, -0.1) is 0 Å². The quantitative estimate of drug-likeness (QED) is 0.407. The molecule has 0 bridgehead atoms. The van der Waals surface area contributed by atoms with Crippen molar-refractivity contribution in [1.29, 1.82) is 0 Å². The van der Waals surface area contributed by atoms with E-state index < -0.39 is 5.79 Å². The Morgan fingerprint density at radius 2 is 1.92 bits per heavy atom. The van der Waals surface area contributed by atoms with Gasteiger partial charge in [0.1, 0.15) is 35.7 Å². The van der Waals surface area contributed by atoms with Gasteiger partial charge in [0.15, 0.2) is 11.6 Å². The van der Waals surface area contributed by atoms with Crippen molar-refractivity contribution in [3.63, 3.8) is 0 Å². The maximum atomic E-state index is 14.9. The fourth-order valence-electron chi connectivity index (χ4n) is 5.43. The summed E-state index contributed by atoms with van der Waals surface area (Å²) in [6.07, 6.45) is 4.45. The van der Waals surface area contributed by atoms with Crippen LogP contribution in [-0.2, 0) is 15.9 Å². The predicted molar refractivity (Wildman–Crippen MR) is 137 cm³/mol. The lowest BCUT2D eigenvalue weighted by Gasteiger charge is -2.30. The van der Waals surface area contributed by atoms with Crippen LogP contribution < -0.4 is 11.5 Å². The highest BCUT2D eigenvalue weighted by atomic mass is 35.5. The highest BCUT2D eigenvalue weighted by Gasteiger charge is 2.55. The van der Waals surface area contributed by atoms with Crippen LogP contribution in [0.4, 0.5) is 16.0 Å². The molecule has 10 heteroatoms. The van der Waals surface area contributed by atoms with E-state index >= 15 is 0 Å². The van der Waals surface area contributed by atoms with E-state index in [1.807, 2.05) is 32.0 Å². The largest absolute Gasteiger partial charge is 0.382 e. The van der Waals surface area contributed by atoms with Crippen molar-refractivity contribution >= 4 is 45.2 Å². The highest BCUT2D eigenvalue weighted by molar-refractivity contribution is 6.33. The van der Waals surface area contributed by atoms with E-state index in [4.69, 9.17) is 32.5 Å². The van der Waals surface area contributed by atoms with Gasteiger partial charge in [-0.05, 0) is 62.6 Å². The lowest BCUT2D eigenvalue weighted by atomic mass is 9.81. The van der Waals surface area contributed by atoms with Gasteiger partial charge < -0.3 is 20.9 Å². The number of fused-ring (bicyclic) bond motifs is 3. The molecule has 186 valence electrons. The van der Waals surface area contributed by atoms with Crippen molar-refractivity contribution in [2.75, 3.05) is 11.5 Å². The zero-order valence-electron chi connectivity index (χ0n) is 20.1. The molecule has 0 unspecified atom stereocenters. The van der Waals surface area contributed by atoms with Gasteiger partial charge in [-0.2, -0.15) is 5.10 Å². The van der Waals surface area contributed by atoms with Gasteiger partial charge in [0.25, 0.3) is 0 Å². The van der Waals surface area contributed by atoms with Gasteiger partial charge >= 0.3 is 0 Å². The summed E-state index contributed by atoms with van der Waals surface area (Å²) < 4.78 is 29.4. The van der Waals surface area contributed by atoms with Crippen LogP contribution in [0.1, 0.15) is 38.4 Å². The number of pyridine rings is 1. The Bertz CT molecular complexity index is 1570. The molecule has 4 N–H and O–H groups in total. The summed E-state index contributed by atoms with van der Waals surface area (Å²) in [4.78, 5) is 8.36. The van der Waals surface area contributed by atoms with Crippen LogP contribution in [0.5, 0.6) is 0 Å². The Morgan fingerprint density at radius 3 is 2.72 bits per heavy atom. The smallest absolute Gasteiger partial charge is 0.164 e. The molecule has 3 aromatic heterocycles. The monoisotopic (exact) mass is 508 g/mol. The molecule has 1 aliphatic heterocycles. The number of hydrogen-bond donors (Lipinski definition) is 2. The van der Waals surface area contributed by atoms with E-state index in [0.717, 1.165) is 22.3 Å². The minimum Gasteiger partial charge on any atom is -0.382 e. The summed E-state index contributed by atoms with van der Waals surface area (Å²) in [5.74, 6) is -0.526. The maximum absolute atomic E-state index is 14.9. The molecule has 4 aromatic rings. The van der Waals surface area contributed by atoms with E-state index in [-0.39, 0.29) is 34.3 Å². The standard InChI is InChI=1S/C26H26ClFN6O2/c1-25(2)35-21-15(19-4-5-20-24(30)31-12-32-34(19)20)11-26(3,22(21)36-25)7-6-13-8-17(28)14-10-16(27)23(29)33-18(14)9-13/h4-5,8-12,21-22H,6-7H2,1-3H3,(H2,29,33)(H2,30,31,32)/t21-,22-,26-/m0/s1. The third-order valence-electron chi connectivity index (χ3n) is 7.19. The van der Waals surface area contributed by atoms with Crippen molar-refractivity contribution in [1.82, 2.24) is 19.6 Å². The number of nitrogens with two attached hydrogens (primary N) is 2. The molecule has 0 saturated carbocycles. The van der Waals surface area contributed by atoms with Crippen LogP contribution in [-0.4, -0.2) is 37.6 Å². The number of benzene rings is 1. The third kappa shape index (κ3) is 3.61. The Morgan fingerprint density at radius 1 is 1.11 bits per heavy atom. The molecule has 1 aromatic carbocycles. The van der Waals surface area contributed by atoms with Crippen molar-refractivity contribution in [2.45, 2.75) is 51.6 Å². The van der Waals surface area contributed by atoms with E-state index in [1.165, 1.54) is 18.5 Å². The zero-order chi connectivity index (χ0) is 25.4. The molecular weight excluding hydrogens is 483 g/mol. The molecule has 6 rings (SSSR count). The molecule has 1 fully saturated rings. The predicted octanol–water partition coefficient (Wildman–Crippen LogP) is 4.79. The van der Waals surface area contributed by atoms with Crippen LogP contribution in [0.15, 0.2) is 42.7 Å². The lowest BCUT2D eigenvalue weighted by Crippen LogP contribution is -2.34. The van der Waals surface area contributed by atoms with Crippen molar-refractivity contribution < 1.29 is 13.9 Å². The van der Waals surface area contributed by atoms with Gasteiger partial charge in [0.2, 0.25) is 0 Å². The molecule has 1 saturated heterocycles. The highest BCUT2D eigenvalue weighted by Crippen LogP contribution is 2.52. The molecule has 8 nitrogen and oxygen atoms in total. The molecule has 0 amide bonds. The number of nitrogen functional groups attached to an aromatic ring is 2. The first kappa shape index (κ1) is 23.1. The van der Waals surface area contributed by atoms with Crippen molar-refractivity contribution in [3.8, 4) is 0 Å². The normalized spacial score (nSPS) is 25.0. The SMILES string of the molecule is CC1(C)O[C@H]2C(c3ccc4c(N)ncnn34)=C[C@](C)(CCc3cc(F)c4cc(Cl)c(N)nc4c3)[C@H]2O1. The topological polar surface area (TPSA) is 114 Å². The number of halogens is 2. The van der Waals surface area contributed by atoms with Crippen LogP contribution in [0.25, 0.3) is 22.0 Å². The molecule has 0 radical (unpaired) electrons. The van der Waals surface area contributed by atoms with Gasteiger partial charge in [-0.3, -0.25) is 0 Å². The number of aryl methyl sites for hydroxylation is 1. The second-order valence-corrected chi connectivity index (χ2v) is 10.7. The molecule has 36 heavy (non-hydrogen) atoms. The van der Waals surface area contributed by atoms with Crippen LogP contribution in [0, 0.1) is 11.2 Å². The first-order valence-electron chi connectivity index (χ1n) is 11.8. The summed E-state index contributed by atoms with van der Waals surface area (Å²) in [7, 11) is 0. The second kappa shape index (κ2) is 7.86. The van der Waals surface area contributed by atoms with Crippen molar-refractivity contribution in [3.05, 3.63) is 64.8 Å². The van der Waals surface area contributed by atoms with Gasteiger partial charge in [-0.25, -0.2) is 18.9 Å². The minimum absolute atomic E-state index is 0.182. The average Bonchev–Trinajstić information content (AvgIpc) is 3.46. The Kier molecular flexibility index (Phi) is 5.06. The van der Waals surface area contributed by atoms with Crippen LogP contribution in [0.2, 0.25) is 5.02 Å². The molecular formula is C26H26ClFN6O2. The van der Waals surface area contributed by atoms with Crippen LogP contribution in [0.3, 0.4) is 0 Å². The summed E-state index contributed by atoms with van der Waals surface area (Å²) in [6.45, 7) is 5.98. The Labute approximate surface area is 212 Å².